The van der Waals surface area contributed by atoms with Crippen molar-refractivity contribution in [2.75, 3.05) is 18.1 Å². The van der Waals surface area contributed by atoms with Crippen molar-refractivity contribution >= 4 is 29.5 Å². The normalized spacial score (nSPS) is 29.8. The fourth-order valence-electron chi connectivity index (χ4n) is 2.54. The van der Waals surface area contributed by atoms with Crippen molar-refractivity contribution in [3.63, 3.8) is 0 Å². The van der Waals surface area contributed by atoms with Crippen LogP contribution in [-0.4, -0.2) is 45.8 Å². The number of hydrogen-bond acceptors (Lipinski definition) is 4. The monoisotopic (exact) mass is 257 g/mol. The van der Waals surface area contributed by atoms with E-state index in [2.05, 4.69) is 0 Å². The van der Waals surface area contributed by atoms with Crippen LogP contribution >= 0.6 is 11.8 Å². The fourth-order valence-corrected chi connectivity index (χ4v) is 3.30. The van der Waals surface area contributed by atoms with Crippen molar-refractivity contribution in [2.45, 2.75) is 19.3 Å². The SMILES string of the molecule is O=C(O)C1CCCC1CN1C(=O)CSCC1=O. The highest BCUT2D eigenvalue weighted by atomic mass is 32.2. The molecule has 2 rings (SSSR count). The Morgan fingerprint density at radius 1 is 1.29 bits per heavy atom. The maximum absolute atomic E-state index is 11.6. The number of carbonyl (C=O) groups excluding carboxylic acids is 2. The molecular weight excluding hydrogens is 242 g/mol. The van der Waals surface area contributed by atoms with Gasteiger partial charge in [-0.25, -0.2) is 0 Å². The molecule has 0 aromatic carbocycles. The van der Waals surface area contributed by atoms with Crippen molar-refractivity contribution in [1.82, 2.24) is 4.90 Å². The number of carboxylic acids is 1. The molecule has 1 aliphatic carbocycles. The number of amides is 2. The number of carboxylic acid groups (broad SMARTS) is 1. The third-order valence-corrected chi connectivity index (χ3v) is 4.35. The first kappa shape index (κ1) is 12.4. The second-order valence-corrected chi connectivity index (χ2v) is 5.51. The molecule has 6 heteroatoms. The van der Waals surface area contributed by atoms with E-state index in [0.29, 0.717) is 17.9 Å². The number of hydrogen-bond donors (Lipinski definition) is 1. The summed E-state index contributed by atoms with van der Waals surface area (Å²) in [6.45, 7) is 0.287. The highest BCUT2D eigenvalue weighted by Gasteiger charge is 2.37. The Balaban J connectivity index is 2.01. The third-order valence-electron chi connectivity index (χ3n) is 3.45. The Morgan fingerprint density at radius 2 is 1.94 bits per heavy atom. The van der Waals surface area contributed by atoms with E-state index in [0.717, 1.165) is 12.8 Å². The average Bonchev–Trinajstić information content (AvgIpc) is 2.72. The van der Waals surface area contributed by atoms with Gasteiger partial charge >= 0.3 is 5.97 Å². The molecule has 2 fully saturated rings. The van der Waals surface area contributed by atoms with Gasteiger partial charge in [0.25, 0.3) is 0 Å². The lowest BCUT2D eigenvalue weighted by Crippen LogP contribution is -2.46. The van der Waals surface area contributed by atoms with E-state index in [-0.39, 0.29) is 24.3 Å². The first-order chi connectivity index (χ1) is 8.09. The number of rotatable bonds is 3. The minimum atomic E-state index is -0.807. The summed E-state index contributed by atoms with van der Waals surface area (Å²) >= 11 is 1.32. The quantitative estimate of drug-likeness (QED) is 0.749. The van der Waals surface area contributed by atoms with Gasteiger partial charge in [-0.2, -0.15) is 0 Å². The van der Waals surface area contributed by atoms with Crippen LogP contribution in [0.25, 0.3) is 0 Å². The zero-order valence-corrected chi connectivity index (χ0v) is 10.2. The molecule has 2 atom stereocenters. The zero-order valence-electron chi connectivity index (χ0n) is 9.42. The summed E-state index contributed by atoms with van der Waals surface area (Å²) < 4.78 is 0. The van der Waals surface area contributed by atoms with Gasteiger partial charge in [0.05, 0.1) is 17.4 Å². The second kappa shape index (κ2) is 5.08. The standard InChI is InChI=1S/C11H15NO4S/c13-9-5-17-6-10(14)12(9)4-7-2-1-3-8(7)11(15)16/h7-8H,1-6H2,(H,15,16). The predicted molar refractivity (Wildman–Crippen MR) is 62.5 cm³/mol. The van der Waals surface area contributed by atoms with Crippen molar-refractivity contribution in [1.29, 1.82) is 0 Å². The smallest absolute Gasteiger partial charge is 0.306 e. The van der Waals surface area contributed by atoms with E-state index >= 15 is 0 Å². The molecule has 94 valence electrons. The van der Waals surface area contributed by atoms with Crippen LogP contribution in [0.4, 0.5) is 0 Å². The topological polar surface area (TPSA) is 74.7 Å². The van der Waals surface area contributed by atoms with Crippen LogP contribution in [-0.2, 0) is 14.4 Å². The maximum atomic E-state index is 11.6. The number of imide groups is 1. The second-order valence-electron chi connectivity index (χ2n) is 4.53. The molecule has 0 aromatic rings. The summed E-state index contributed by atoms with van der Waals surface area (Å²) in [6.07, 6.45) is 2.32. The molecule has 2 amide bonds. The van der Waals surface area contributed by atoms with Crippen LogP contribution in [0.5, 0.6) is 0 Å². The van der Waals surface area contributed by atoms with Crippen LogP contribution < -0.4 is 0 Å². The van der Waals surface area contributed by atoms with E-state index < -0.39 is 11.9 Å². The molecular formula is C11H15NO4S. The van der Waals surface area contributed by atoms with Gasteiger partial charge in [-0.15, -0.1) is 11.8 Å². The van der Waals surface area contributed by atoms with Gasteiger partial charge < -0.3 is 5.11 Å². The molecule has 0 bridgehead atoms. The van der Waals surface area contributed by atoms with Gasteiger partial charge in [0, 0.05) is 6.54 Å². The molecule has 1 saturated heterocycles. The molecule has 1 saturated carbocycles. The van der Waals surface area contributed by atoms with E-state index in [9.17, 15) is 14.4 Å². The van der Waals surface area contributed by atoms with Gasteiger partial charge in [-0.1, -0.05) is 6.42 Å². The number of thioether (sulfide) groups is 1. The molecule has 5 nitrogen and oxygen atoms in total. The molecule has 0 radical (unpaired) electrons. The highest BCUT2D eigenvalue weighted by molar-refractivity contribution is 8.00. The van der Waals surface area contributed by atoms with Crippen LogP contribution in [0.3, 0.4) is 0 Å². The van der Waals surface area contributed by atoms with Gasteiger partial charge in [-0.05, 0) is 18.8 Å². The minimum Gasteiger partial charge on any atom is -0.481 e. The Labute approximate surface area is 104 Å². The fraction of sp³-hybridized carbons (Fsp3) is 0.727. The molecule has 1 aliphatic heterocycles. The average molecular weight is 257 g/mol. The van der Waals surface area contributed by atoms with Gasteiger partial charge in [0.2, 0.25) is 11.8 Å². The Hall–Kier alpha value is -1.04. The molecule has 0 spiro atoms. The third kappa shape index (κ3) is 2.62. The van der Waals surface area contributed by atoms with Crippen molar-refractivity contribution in [2.24, 2.45) is 11.8 Å². The van der Waals surface area contributed by atoms with Crippen molar-refractivity contribution in [3.05, 3.63) is 0 Å². The lowest BCUT2D eigenvalue weighted by molar-refractivity contribution is -0.147. The molecule has 0 aromatic heterocycles. The highest BCUT2D eigenvalue weighted by Crippen LogP contribution is 2.33. The first-order valence-corrected chi connectivity index (χ1v) is 6.89. The summed E-state index contributed by atoms with van der Waals surface area (Å²) in [4.78, 5) is 35.5. The lowest BCUT2D eigenvalue weighted by atomic mass is 9.95. The minimum absolute atomic E-state index is 0.0662. The Morgan fingerprint density at radius 3 is 2.53 bits per heavy atom. The number of carbonyl (C=O) groups is 3. The summed E-state index contributed by atoms with van der Waals surface area (Å²) in [6, 6.07) is 0. The zero-order chi connectivity index (χ0) is 12.4. The Kier molecular flexibility index (Phi) is 3.71. The summed E-state index contributed by atoms with van der Waals surface area (Å²) in [7, 11) is 0. The van der Waals surface area contributed by atoms with Crippen molar-refractivity contribution in [3.8, 4) is 0 Å². The molecule has 2 aliphatic rings. The van der Waals surface area contributed by atoms with Crippen LogP contribution in [0.1, 0.15) is 19.3 Å². The number of aliphatic carboxylic acids is 1. The first-order valence-electron chi connectivity index (χ1n) is 5.73. The van der Waals surface area contributed by atoms with E-state index in [1.807, 2.05) is 0 Å². The van der Waals surface area contributed by atoms with Crippen molar-refractivity contribution < 1.29 is 19.5 Å². The largest absolute Gasteiger partial charge is 0.481 e. The summed E-state index contributed by atoms with van der Waals surface area (Å²) in [5, 5.41) is 9.05. The maximum Gasteiger partial charge on any atom is 0.306 e. The van der Waals surface area contributed by atoms with Crippen LogP contribution in [0.2, 0.25) is 0 Å². The molecule has 17 heavy (non-hydrogen) atoms. The van der Waals surface area contributed by atoms with E-state index in [1.165, 1.54) is 16.7 Å². The van der Waals surface area contributed by atoms with Crippen LogP contribution in [0, 0.1) is 11.8 Å². The summed E-state index contributed by atoms with van der Waals surface area (Å²) in [5.74, 6) is -0.969. The predicted octanol–water partition coefficient (Wildman–Crippen LogP) is 0.589. The molecule has 1 N–H and O–H groups in total. The Bertz CT molecular complexity index is 341. The van der Waals surface area contributed by atoms with Crippen LogP contribution in [0.15, 0.2) is 0 Å². The molecule has 2 unspecified atom stereocenters. The lowest BCUT2D eigenvalue weighted by Gasteiger charge is -2.28. The van der Waals surface area contributed by atoms with Gasteiger partial charge in [0.15, 0.2) is 0 Å². The molecule has 1 heterocycles. The van der Waals surface area contributed by atoms with E-state index in [4.69, 9.17) is 5.11 Å². The summed E-state index contributed by atoms with van der Waals surface area (Å²) in [5.41, 5.74) is 0. The van der Waals surface area contributed by atoms with Gasteiger partial charge in [0.1, 0.15) is 0 Å². The van der Waals surface area contributed by atoms with Gasteiger partial charge in [-0.3, -0.25) is 19.3 Å². The van der Waals surface area contributed by atoms with E-state index in [1.54, 1.807) is 0 Å². The number of nitrogens with zero attached hydrogens (tertiary/aromatic N) is 1.